The van der Waals surface area contributed by atoms with Crippen LogP contribution in [0.4, 0.5) is 0 Å². The number of nitrogens with one attached hydrogen (secondary N) is 1. The fraction of sp³-hybridized carbons (Fsp3) is 0.158. The van der Waals surface area contributed by atoms with Crippen molar-refractivity contribution in [3.05, 3.63) is 70.0 Å². The number of aryl methyl sites for hydroxylation is 1. The second kappa shape index (κ2) is 7.27. The first-order valence-corrected chi connectivity index (χ1v) is 8.58. The van der Waals surface area contributed by atoms with Crippen molar-refractivity contribution in [1.82, 2.24) is 10.3 Å². The van der Waals surface area contributed by atoms with Gasteiger partial charge in [0.2, 0.25) is 0 Å². The van der Waals surface area contributed by atoms with Gasteiger partial charge in [-0.15, -0.1) is 11.3 Å². The number of rotatable bonds is 5. The first kappa shape index (κ1) is 16.2. The smallest absolute Gasteiger partial charge is 0.251 e. The molecule has 122 valence electrons. The molecular weight excluding hydrogens is 320 g/mol. The topological polar surface area (TPSA) is 62.2 Å². The Hall–Kier alpha value is -2.66. The summed E-state index contributed by atoms with van der Waals surface area (Å²) in [5, 5.41) is 15.2. The number of nitrogens with zero attached hydrogens (tertiary/aromatic N) is 1. The van der Waals surface area contributed by atoms with E-state index in [1.165, 1.54) is 0 Å². The molecule has 0 saturated carbocycles. The molecule has 0 aliphatic carbocycles. The molecule has 3 aromatic rings. The van der Waals surface area contributed by atoms with Crippen LogP contribution in [0.5, 0.6) is 5.75 Å². The van der Waals surface area contributed by atoms with Gasteiger partial charge in [-0.3, -0.25) is 4.79 Å². The van der Waals surface area contributed by atoms with Crippen molar-refractivity contribution < 1.29 is 9.90 Å². The monoisotopic (exact) mass is 338 g/mol. The van der Waals surface area contributed by atoms with Gasteiger partial charge in [0.05, 0.1) is 10.7 Å². The fourth-order valence-electron chi connectivity index (χ4n) is 2.28. The molecule has 0 bridgehead atoms. The SMILES string of the molecule is Cc1ccc(C(=O)NCCc2nc(-c3ccc(O)cc3)cs2)cc1. The van der Waals surface area contributed by atoms with Gasteiger partial charge < -0.3 is 10.4 Å². The average Bonchev–Trinajstić information content (AvgIpc) is 3.05. The zero-order valence-corrected chi connectivity index (χ0v) is 14.1. The van der Waals surface area contributed by atoms with Gasteiger partial charge in [-0.2, -0.15) is 0 Å². The Kier molecular flexibility index (Phi) is 4.91. The second-order valence-electron chi connectivity index (χ2n) is 5.55. The highest BCUT2D eigenvalue weighted by molar-refractivity contribution is 7.09. The lowest BCUT2D eigenvalue weighted by Crippen LogP contribution is -2.25. The zero-order chi connectivity index (χ0) is 16.9. The highest BCUT2D eigenvalue weighted by Crippen LogP contribution is 2.23. The Morgan fingerprint density at radius 1 is 1.12 bits per heavy atom. The number of hydrogen-bond donors (Lipinski definition) is 2. The minimum absolute atomic E-state index is 0.0645. The maximum atomic E-state index is 12.1. The largest absolute Gasteiger partial charge is 0.508 e. The third-order valence-corrected chi connectivity index (χ3v) is 4.56. The summed E-state index contributed by atoms with van der Waals surface area (Å²) in [7, 11) is 0. The normalized spacial score (nSPS) is 10.5. The van der Waals surface area contributed by atoms with Crippen LogP contribution < -0.4 is 5.32 Å². The zero-order valence-electron chi connectivity index (χ0n) is 13.3. The average molecular weight is 338 g/mol. The third kappa shape index (κ3) is 4.00. The number of aromatic hydroxyl groups is 1. The maximum absolute atomic E-state index is 12.1. The van der Waals surface area contributed by atoms with Crippen LogP contribution in [0, 0.1) is 6.92 Å². The van der Waals surface area contributed by atoms with Crippen LogP contribution in [0.25, 0.3) is 11.3 Å². The van der Waals surface area contributed by atoms with Gasteiger partial charge in [-0.05, 0) is 43.3 Å². The Morgan fingerprint density at radius 2 is 1.83 bits per heavy atom. The molecule has 3 rings (SSSR count). The van der Waals surface area contributed by atoms with Crippen LogP contribution in [0.1, 0.15) is 20.9 Å². The number of carbonyl (C=O) groups excluding carboxylic acids is 1. The van der Waals surface area contributed by atoms with Crippen LogP contribution in [0.15, 0.2) is 53.9 Å². The van der Waals surface area contributed by atoms with E-state index in [1.54, 1.807) is 23.5 Å². The van der Waals surface area contributed by atoms with Gasteiger partial charge in [-0.1, -0.05) is 17.7 Å². The quantitative estimate of drug-likeness (QED) is 0.744. The van der Waals surface area contributed by atoms with Crippen molar-refractivity contribution >= 4 is 17.2 Å². The maximum Gasteiger partial charge on any atom is 0.251 e. The van der Waals surface area contributed by atoms with Crippen LogP contribution in [0.3, 0.4) is 0 Å². The van der Waals surface area contributed by atoms with E-state index < -0.39 is 0 Å². The summed E-state index contributed by atoms with van der Waals surface area (Å²) in [6.45, 7) is 2.55. The summed E-state index contributed by atoms with van der Waals surface area (Å²) in [4.78, 5) is 16.6. The molecule has 0 saturated heterocycles. The van der Waals surface area contributed by atoms with E-state index in [-0.39, 0.29) is 11.7 Å². The number of phenols is 1. The molecule has 1 heterocycles. The molecule has 1 amide bonds. The number of phenolic OH excluding ortho intramolecular Hbond substituents is 1. The third-order valence-electron chi connectivity index (χ3n) is 3.65. The lowest BCUT2D eigenvalue weighted by atomic mass is 10.1. The van der Waals surface area contributed by atoms with Gasteiger partial charge in [0.15, 0.2) is 0 Å². The molecule has 0 unspecified atom stereocenters. The molecular formula is C19H18N2O2S. The van der Waals surface area contributed by atoms with Crippen molar-refractivity contribution in [2.45, 2.75) is 13.3 Å². The van der Waals surface area contributed by atoms with Crippen LogP contribution in [-0.4, -0.2) is 22.5 Å². The molecule has 1 aromatic heterocycles. The van der Waals surface area contributed by atoms with E-state index in [0.29, 0.717) is 18.5 Å². The van der Waals surface area contributed by atoms with Crippen LogP contribution in [0.2, 0.25) is 0 Å². The summed E-state index contributed by atoms with van der Waals surface area (Å²) in [6, 6.07) is 14.5. The van der Waals surface area contributed by atoms with Gasteiger partial charge in [0.1, 0.15) is 5.75 Å². The molecule has 0 aliphatic heterocycles. The van der Waals surface area contributed by atoms with E-state index >= 15 is 0 Å². The summed E-state index contributed by atoms with van der Waals surface area (Å²) in [5.74, 6) is 0.179. The first-order valence-electron chi connectivity index (χ1n) is 7.70. The number of carbonyl (C=O) groups is 1. The van der Waals surface area contributed by atoms with Gasteiger partial charge >= 0.3 is 0 Å². The Labute approximate surface area is 144 Å². The molecule has 0 fully saturated rings. The number of hydrogen-bond acceptors (Lipinski definition) is 4. The van der Waals surface area contributed by atoms with E-state index in [0.717, 1.165) is 21.8 Å². The predicted molar refractivity (Wildman–Crippen MR) is 96.4 cm³/mol. The number of aromatic nitrogens is 1. The highest BCUT2D eigenvalue weighted by atomic mass is 32.1. The molecule has 0 aliphatic rings. The molecule has 5 heteroatoms. The van der Waals surface area contributed by atoms with E-state index in [9.17, 15) is 9.90 Å². The first-order chi connectivity index (χ1) is 11.6. The molecule has 0 atom stereocenters. The van der Waals surface area contributed by atoms with E-state index in [4.69, 9.17) is 0 Å². The molecule has 2 aromatic carbocycles. The molecule has 4 nitrogen and oxygen atoms in total. The number of benzene rings is 2. The Balaban J connectivity index is 1.55. The number of amides is 1. The molecule has 0 spiro atoms. The minimum Gasteiger partial charge on any atom is -0.508 e. The minimum atomic E-state index is -0.0645. The van der Waals surface area contributed by atoms with Crippen LogP contribution >= 0.6 is 11.3 Å². The Morgan fingerprint density at radius 3 is 2.54 bits per heavy atom. The Bertz CT molecular complexity index is 823. The van der Waals surface area contributed by atoms with Crippen molar-refractivity contribution in [3.63, 3.8) is 0 Å². The molecule has 0 radical (unpaired) electrons. The lowest BCUT2D eigenvalue weighted by molar-refractivity contribution is 0.0954. The van der Waals surface area contributed by atoms with E-state index in [2.05, 4.69) is 10.3 Å². The molecule has 24 heavy (non-hydrogen) atoms. The van der Waals surface area contributed by atoms with Crippen molar-refractivity contribution in [2.24, 2.45) is 0 Å². The molecule has 2 N–H and O–H groups in total. The summed E-state index contributed by atoms with van der Waals surface area (Å²) < 4.78 is 0. The van der Waals surface area contributed by atoms with Crippen LogP contribution in [-0.2, 0) is 6.42 Å². The van der Waals surface area contributed by atoms with Crippen molar-refractivity contribution in [2.75, 3.05) is 6.54 Å². The van der Waals surface area contributed by atoms with Gasteiger partial charge in [0.25, 0.3) is 5.91 Å². The summed E-state index contributed by atoms with van der Waals surface area (Å²) >= 11 is 1.57. The van der Waals surface area contributed by atoms with Gasteiger partial charge in [-0.25, -0.2) is 4.98 Å². The second-order valence-corrected chi connectivity index (χ2v) is 6.49. The number of thiazole rings is 1. The lowest BCUT2D eigenvalue weighted by Gasteiger charge is -2.04. The predicted octanol–water partition coefficient (Wildman–Crippen LogP) is 3.80. The fourth-order valence-corrected chi connectivity index (χ4v) is 3.09. The highest BCUT2D eigenvalue weighted by Gasteiger charge is 2.07. The van der Waals surface area contributed by atoms with E-state index in [1.807, 2.05) is 48.7 Å². The standard InChI is InChI=1S/C19H18N2O2S/c1-13-2-4-15(5-3-13)19(23)20-11-10-18-21-17(12-24-18)14-6-8-16(22)9-7-14/h2-9,12,22H,10-11H2,1H3,(H,20,23). The summed E-state index contributed by atoms with van der Waals surface area (Å²) in [6.07, 6.45) is 0.695. The van der Waals surface area contributed by atoms with Crippen molar-refractivity contribution in [3.8, 4) is 17.0 Å². The summed E-state index contributed by atoms with van der Waals surface area (Å²) in [5.41, 5.74) is 3.67. The van der Waals surface area contributed by atoms with Crippen molar-refractivity contribution in [1.29, 1.82) is 0 Å². The van der Waals surface area contributed by atoms with Gasteiger partial charge in [0, 0.05) is 29.5 Å².